The lowest BCUT2D eigenvalue weighted by Gasteiger charge is -2.14. The summed E-state index contributed by atoms with van der Waals surface area (Å²) >= 11 is 5.05. The molecule has 5 heteroatoms. The van der Waals surface area contributed by atoms with Gasteiger partial charge in [-0.1, -0.05) is 13.8 Å². The first-order valence-electron chi connectivity index (χ1n) is 5.25. The summed E-state index contributed by atoms with van der Waals surface area (Å²) in [6, 6.07) is 1.92. The van der Waals surface area contributed by atoms with E-state index in [1.165, 1.54) is 0 Å². The number of nitrogens with one attached hydrogen (secondary N) is 1. The molecule has 3 nitrogen and oxygen atoms in total. The molecule has 0 spiro atoms. The van der Waals surface area contributed by atoms with Gasteiger partial charge in [0.1, 0.15) is 0 Å². The second-order valence-electron chi connectivity index (χ2n) is 4.08. The van der Waals surface area contributed by atoms with Gasteiger partial charge in [0.05, 0.1) is 6.54 Å². The highest BCUT2D eigenvalue weighted by molar-refractivity contribution is 9.10. The monoisotopic (exact) mass is 304 g/mol. The van der Waals surface area contributed by atoms with Crippen molar-refractivity contribution < 1.29 is 4.79 Å². The van der Waals surface area contributed by atoms with E-state index in [-0.39, 0.29) is 11.9 Å². The summed E-state index contributed by atoms with van der Waals surface area (Å²) in [5, 5.41) is 4.86. The topological polar surface area (TPSA) is 55.1 Å². The maximum Gasteiger partial charge on any atom is 0.221 e. The second-order valence-corrected chi connectivity index (χ2v) is 5.94. The summed E-state index contributed by atoms with van der Waals surface area (Å²) in [6.07, 6.45) is 0.390. The van der Waals surface area contributed by atoms with E-state index in [2.05, 4.69) is 21.2 Å². The first-order valence-corrected chi connectivity index (χ1v) is 6.92. The lowest BCUT2D eigenvalue weighted by atomic mass is 10.0. The van der Waals surface area contributed by atoms with Crippen LogP contribution in [0.2, 0.25) is 0 Å². The van der Waals surface area contributed by atoms with Crippen LogP contribution in [-0.2, 0) is 11.3 Å². The van der Waals surface area contributed by atoms with Crippen molar-refractivity contribution in [1.29, 1.82) is 0 Å². The van der Waals surface area contributed by atoms with Crippen LogP contribution in [0.25, 0.3) is 0 Å². The van der Waals surface area contributed by atoms with Gasteiger partial charge in [-0.2, -0.15) is 0 Å². The van der Waals surface area contributed by atoms with E-state index in [4.69, 9.17) is 5.73 Å². The quantitative estimate of drug-likeness (QED) is 0.878. The Morgan fingerprint density at radius 3 is 2.81 bits per heavy atom. The van der Waals surface area contributed by atoms with Crippen LogP contribution in [0.4, 0.5) is 0 Å². The van der Waals surface area contributed by atoms with Crippen molar-refractivity contribution in [3.05, 3.63) is 20.8 Å². The van der Waals surface area contributed by atoms with Crippen LogP contribution >= 0.6 is 27.3 Å². The molecule has 16 heavy (non-hydrogen) atoms. The summed E-state index contributed by atoms with van der Waals surface area (Å²) in [5.74, 6) is 0.348. The first-order chi connectivity index (χ1) is 7.50. The van der Waals surface area contributed by atoms with Gasteiger partial charge >= 0.3 is 0 Å². The SMILES string of the molecule is CC(C)C(N)CC(=O)NCc1sccc1Br. The fourth-order valence-corrected chi connectivity index (χ4v) is 2.58. The Kier molecular flexibility index (Phi) is 5.44. The number of amides is 1. The fraction of sp³-hybridized carbons (Fsp3) is 0.545. The molecule has 0 aliphatic carbocycles. The Labute approximate surface area is 109 Å². The minimum atomic E-state index is -0.0632. The van der Waals surface area contributed by atoms with Crippen molar-refractivity contribution in [2.75, 3.05) is 0 Å². The Balaban J connectivity index is 2.33. The summed E-state index contributed by atoms with van der Waals surface area (Å²) < 4.78 is 1.05. The number of nitrogens with two attached hydrogens (primary N) is 1. The number of thiophene rings is 1. The van der Waals surface area contributed by atoms with Crippen LogP contribution in [0.5, 0.6) is 0 Å². The molecule has 0 bridgehead atoms. The van der Waals surface area contributed by atoms with E-state index in [1.54, 1.807) is 11.3 Å². The molecular weight excluding hydrogens is 288 g/mol. The number of carbonyl (C=O) groups is 1. The number of halogens is 1. The summed E-state index contributed by atoms with van der Waals surface area (Å²) in [5.41, 5.74) is 5.83. The number of hydrogen-bond donors (Lipinski definition) is 2. The summed E-state index contributed by atoms with van der Waals surface area (Å²) in [4.78, 5) is 12.7. The lowest BCUT2D eigenvalue weighted by Crippen LogP contribution is -2.34. The van der Waals surface area contributed by atoms with Crippen LogP contribution in [0.3, 0.4) is 0 Å². The molecule has 0 aliphatic rings. The van der Waals surface area contributed by atoms with Gasteiger partial charge in [0.25, 0.3) is 0 Å². The van der Waals surface area contributed by atoms with Gasteiger partial charge in [-0.15, -0.1) is 11.3 Å². The molecule has 1 unspecified atom stereocenters. The maximum atomic E-state index is 11.6. The standard InChI is InChI=1S/C11H17BrN2OS/c1-7(2)9(13)5-11(15)14-6-10-8(12)3-4-16-10/h3-4,7,9H,5-6,13H2,1-2H3,(H,14,15). The Hall–Kier alpha value is -0.390. The summed E-state index contributed by atoms with van der Waals surface area (Å²) in [6.45, 7) is 4.61. The molecule has 0 aliphatic heterocycles. The smallest absolute Gasteiger partial charge is 0.221 e. The van der Waals surface area contributed by atoms with Crippen LogP contribution in [0, 0.1) is 5.92 Å². The third kappa shape index (κ3) is 4.23. The van der Waals surface area contributed by atoms with Gasteiger partial charge in [0.15, 0.2) is 0 Å². The van der Waals surface area contributed by atoms with Crippen molar-refractivity contribution in [3.8, 4) is 0 Å². The zero-order valence-electron chi connectivity index (χ0n) is 9.50. The minimum Gasteiger partial charge on any atom is -0.351 e. The van der Waals surface area contributed by atoms with Gasteiger partial charge < -0.3 is 11.1 Å². The predicted molar refractivity (Wildman–Crippen MR) is 71.3 cm³/mol. The van der Waals surface area contributed by atoms with Crippen molar-refractivity contribution in [1.82, 2.24) is 5.32 Å². The Bertz CT molecular complexity index is 352. The zero-order chi connectivity index (χ0) is 12.1. The molecule has 1 heterocycles. The van der Waals surface area contributed by atoms with Gasteiger partial charge in [-0.25, -0.2) is 0 Å². The van der Waals surface area contributed by atoms with Crippen LogP contribution in [-0.4, -0.2) is 11.9 Å². The fourth-order valence-electron chi connectivity index (χ4n) is 1.15. The molecule has 1 amide bonds. The van der Waals surface area contributed by atoms with Gasteiger partial charge in [-0.05, 0) is 33.3 Å². The molecule has 1 aromatic heterocycles. The van der Waals surface area contributed by atoms with E-state index < -0.39 is 0 Å². The van der Waals surface area contributed by atoms with Crippen molar-refractivity contribution >= 4 is 33.2 Å². The van der Waals surface area contributed by atoms with E-state index in [0.717, 1.165) is 9.35 Å². The highest BCUT2D eigenvalue weighted by atomic mass is 79.9. The molecule has 3 N–H and O–H groups in total. The maximum absolute atomic E-state index is 11.6. The molecule has 1 aromatic rings. The summed E-state index contributed by atoms with van der Waals surface area (Å²) in [7, 11) is 0. The second kappa shape index (κ2) is 6.37. The van der Waals surface area contributed by atoms with Crippen molar-refractivity contribution in [3.63, 3.8) is 0 Å². The Morgan fingerprint density at radius 2 is 2.31 bits per heavy atom. The van der Waals surface area contributed by atoms with Crippen molar-refractivity contribution in [2.24, 2.45) is 11.7 Å². The molecule has 90 valence electrons. The highest BCUT2D eigenvalue weighted by Crippen LogP contribution is 2.22. The van der Waals surface area contributed by atoms with Crippen LogP contribution in [0.1, 0.15) is 25.1 Å². The molecule has 0 aromatic carbocycles. The third-order valence-electron chi connectivity index (χ3n) is 2.41. The molecule has 0 radical (unpaired) electrons. The van der Waals surface area contributed by atoms with E-state index in [0.29, 0.717) is 18.9 Å². The van der Waals surface area contributed by atoms with Crippen LogP contribution < -0.4 is 11.1 Å². The molecule has 1 rings (SSSR count). The predicted octanol–water partition coefficient (Wildman–Crippen LogP) is 2.50. The third-order valence-corrected chi connectivity index (χ3v) is 4.34. The van der Waals surface area contributed by atoms with E-state index >= 15 is 0 Å². The largest absolute Gasteiger partial charge is 0.351 e. The molecular formula is C11H17BrN2OS. The van der Waals surface area contributed by atoms with Gasteiger partial charge in [-0.3, -0.25) is 4.79 Å². The first kappa shape index (κ1) is 13.7. The molecule has 0 saturated heterocycles. The number of carbonyl (C=O) groups excluding carboxylic acids is 1. The van der Waals surface area contributed by atoms with Gasteiger partial charge in [0, 0.05) is 21.8 Å². The minimum absolute atomic E-state index is 0.0153. The molecule has 1 atom stereocenters. The molecule has 0 fully saturated rings. The Morgan fingerprint density at radius 1 is 1.62 bits per heavy atom. The van der Waals surface area contributed by atoms with Gasteiger partial charge in [0.2, 0.25) is 5.91 Å². The normalized spacial score (nSPS) is 12.8. The van der Waals surface area contributed by atoms with Crippen molar-refractivity contribution in [2.45, 2.75) is 32.9 Å². The van der Waals surface area contributed by atoms with E-state index in [1.807, 2.05) is 25.3 Å². The van der Waals surface area contributed by atoms with E-state index in [9.17, 15) is 4.79 Å². The number of rotatable bonds is 5. The zero-order valence-corrected chi connectivity index (χ0v) is 11.9. The molecule has 0 saturated carbocycles. The average molecular weight is 305 g/mol. The number of hydrogen-bond acceptors (Lipinski definition) is 3. The van der Waals surface area contributed by atoms with Crippen LogP contribution in [0.15, 0.2) is 15.9 Å². The lowest BCUT2D eigenvalue weighted by molar-refractivity contribution is -0.121. The average Bonchev–Trinajstić information content (AvgIpc) is 2.61. The highest BCUT2D eigenvalue weighted by Gasteiger charge is 2.13.